The van der Waals surface area contributed by atoms with Crippen molar-refractivity contribution in [2.24, 2.45) is 5.92 Å². The summed E-state index contributed by atoms with van der Waals surface area (Å²) in [6.07, 6.45) is 1.38. The molecule has 0 saturated carbocycles. The fourth-order valence-electron chi connectivity index (χ4n) is 3.17. The van der Waals surface area contributed by atoms with E-state index in [-0.39, 0.29) is 5.82 Å². The van der Waals surface area contributed by atoms with Gasteiger partial charge in [0.05, 0.1) is 0 Å². The summed E-state index contributed by atoms with van der Waals surface area (Å²) in [5, 5.41) is 3.27. The Morgan fingerprint density at radius 1 is 0.900 bits per heavy atom. The highest BCUT2D eigenvalue weighted by atomic mass is 19.1. The van der Waals surface area contributed by atoms with Crippen molar-refractivity contribution in [2.75, 3.05) is 24.5 Å². The van der Waals surface area contributed by atoms with E-state index in [9.17, 15) is 4.39 Å². The van der Waals surface area contributed by atoms with Crippen molar-refractivity contribution in [3.05, 3.63) is 102 Å². The van der Waals surface area contributed by atoms with Gasteiger partial charge in [-0.1, -0.05) is 73.2 Å². The average molecular weight is 407 g/mol. The van der Waals surface area contributed by atoms with Gasteiger partial charge >= 0.3 is 0 Å². The van der Waals surface area contributed by atoms with Crippen LogP contribution in [0.25, 0.3) is 0 Å². The molecule has 1 unspecified atom stereocenters. The first-order valence-corrected chi connectivity index (χ1v) is 10.8. The van der Waals surface area contributed by atoms with Gasteiger partial charge in [-0.25, -0.2) is 4.39 Å². The van der Waals surface area contributed by atoms with Crippen LogP contribution in [0.1, 0.15) is 31.4 Å². The van der Waals surface area contributed by atoms with Gasteiger partial charge < -0.3 is 10.2 Å². The minimum Gasteiger partial charge on any atom is -0.367 e. The quantitative estimate of drug-likeness (QED) is 0.535. The lowest BCUT2D eigenvalue weighted by molar-refractivity contribution is 0.627. The van der Waals surface area contributed by atoms with Crippen molar-refractivity contribution in [1.82, 2.24) is 5.32 Å². The molecule has 0 aliphatic carbocycles. The minimum atomic E-state index is -0.190. The summed E-state index contributed by atoms with van der Waals surface area (Å²) in [5.41, 5.74) is 3.64. The molecule has 30 heavy (non-hydrogen) atoms. The van der Waals surface area contributed by atoms with Crippen LogP contribution in [0.2, 0.25) is 0 Å². The molecule has 3 aromatic carbocycles. The summed E-state index contributed by atoms with van der Waals surface area (Å²) in [4.78, 5) is 2.22. The minimum absolute atomic E-state index is 0.190. The molecule has 0 spiro atoms. The van der Waals surface area contributed by atoms with Crippen LogP contribution >= 0.6 is 0 Å². The van der Waals surface area contributed by atoms with Crippen molar-refractivity contribution < 1.29 is 4.39 Å². The van der Waals surface area contributed by atoms with Crippen LogP contribution in [0.15, 0.2) is 84.9 Å². The fourth-order valence-corrected chi connectivity index (χ4v) is 3.17. The highest BCUT2D eigenvalue weighted by Crippen LogP contribution is 2.17. The lowest BCUT2D eigenvalue weighted by Crippen LogP contribution is -2.21. The zero-order valence-electron chi connectivity index (χ0n) is 18.5. The molecule has 1 heterocycles. The number of nitrogens with one attached hydrogen (secondary N) is 1. The van der Waals surface area contributed by atoms with Gasteiger partial charge in [-0.3, -0.25) is 0 Å². The lowest BCUT2D eigenvalue weighted by atomic mass is 10.2. The Labute approximate surface area is 181 Å². The number of halogens is 1. The largest absolute Gasteiger partial charge is 0.367 e. The van der Waals surface area contributed by atoms with Gasteiger partial charge in [0.25, 0.3) is 0 Å². The molecule has 1 saturated heterocycles. The van der Waals surface area contributed by atoms with Gasteiger partial charge in [-0.2, -0.15) is 0 Å². The molecule has 4 rings (SSSR count). The van der Waals surface area contributed by atoms with E-state index in [2.05, 4.69) is 55.3 Å². The molecule has 0 radical (unpaired) electrons. The topological polar surface area (TPSA) is 15.3 Å². The molecule has 160 valence electrons. The first-order valence-electron chi connectivity index (χ1n) is 10.8. The number of rotatable bonds is 4. The molecule has 1 aliphatic heterocycles. The van der Waals surface area contributed by atoms with E-state index < -0.39 is 0 Å². The predicted octanol–water partition coefficient (Wildman–Crippen LogP) is 6.46. The Hall–Kier alpha value is -2.65. The SMILES string of the molecule is CC1CCNC1.CCN(Cc1ccccc1)c1ccc(F)cc1.Cc1ccccc1. The van der Waals surface area contributed by atoms with Gasteiger partial charge in [0.2, 0.25) is 0 Å². The van der Waals surface area contributed by atoms with Gasteiger partial charge in [0.1, 0.15) is 5.82 Å². The van der Waals surface area contributed by atoms with Crippen molar-refractivity contribution in [1.29, 1.82) is 0 Å². The Morgan fingerprint density at radius 3 is 1.90 bits per heavy atom. The molecule has 0 aromatic heterocycles. The Kier molecular flexibility index (Phi) is 10.7. The van der Waals surface area contributed by atoms with Crippen LogP contribution < -0.4 is 10.2 Å². The first kappa shape index (κ1) is 23.6. The molecular weight excluding hydrogens is 371 g/mol. The predicted molar refractivity (Wildman–Crippen MR) is 127 cm³/mol. The van der Waals surface area contributed by atoms with Crippen molar-refractivity contribution in [3.8, 4) is 0 Å². The normalized spacial score (nSPS) is 14.7. The van der Waals surface area contributed by atoms with E-state index >= 15 is 0 Å². The van der Waals surface area contributed by atoms with E-state index in [1.807, 2.05) is 48.5 Å². The summed E-state index contributed by atoms with van der Waals surface area (Å²) < 4.78 is 12.9. The first-order chi connectivity index (χ1) is 14.6. The highest BCUT2D eigenvalue weighted by Gasteiger charge is 2.06. The second kappa shape index (κ2) is 13.6. The van der Waals surface area contributed by atoms with E-state index in [1.165, 1.54) is 42.8 Å². The third-order valence-corrected chi connectivity index (χ3v) is 5.04. The molecule has 2 nitrogen and oxygen atoms in total. The standard InChI is InChI=1S/C15H16FN.C7H8.C5H11N/c1-2-17(12-13-6-4-3-5-7-13)15-10-8-14(16)9-11-15;1-7-5-3-2-4-6-7;1-5-2-3-6-4-5/h3-11H,2,12H2,1H3;2-6H,1H3;5-6H,2-4H2,1H3. The fraction of sp³-hybridized carbons (Fsp3) is 0.333. The number of hydrogen-bond acceptors (Lipinski definition) is 2. The maximum atomic E-state index is 12.9. The smallest absolute Gasteiger partial charge is 0.123 e. The molecule has 1 fully saturated rings. The average Bonchev–Trinajstić information content (AvgIpc) is 3.26. The van der Waals surface area contributed by atoms with Crippen LogP contribution in [-0.4, -0.2) is 19.6 Å². The summed E-state index contributed by atoms with van der Waals surface area (Å²) in [5.74, 6) is 0.745. The van der Waals surface area contributed by atoms with Crippen LogP contribution in [0, 0.1) is 18.7 Å². The Morgan fingerprint density at radius 2 is 1.50 bits per heavy atom. The van der Waals surface area contributed by atoms with Crippen LogP contribution in [0.5, 0.6) is 0 Å². The molecule has 3 aromatic rings. The van der Waals surface area contributed by atoms with Gasteiger partial charge in [-0.05, 0) is 69.1 Å². The Balaban J connectivity index is 0.000000200. The highest BCUT2D eigenvalue weighted by molar-refractivity contribution is 5.46. The molecular formula is C27H35FN2. The zero-order valence-corrected chi connectivity index (χ0v) is 18.5. The molecule has 1 N–H and O–H groups in total. The molecule has 0 amide bonds. The monoisotopic (exact) mass is 406 g/mol. The number of nitrogens with zero attached hydrogens (tertiary/aromatic N) is 1. The molecule has 0 bridgehead atoms. The second-order valence-corrected chi connectivity index (χ2v) is 7.73. The summed E-state index contributed by atoms with van der Waals surface area (Å²) in [6, 6.07) is 27.2. The van der Waals surface area contributed by atoms with E-state index in [4.69, 9.17) is 0 Å². The summed E-state index contributed by atoms with van der Waals surface area (Å²) >= 11 is 0. The van der Waals surface area contributed by atoms with Gasteiger partial charge in [0, 0.05) is 18.8 Å². The summed E-state index contributed by atoms with van der Waals surface area (Å²) in [7, 11) is 0. The molecule has 3 heteroatoms. The molecule has 1 aliphatic rings. The van der Waals surface area contributed by atoms with E-state index in [1.54, 1.807) is 0 Å². The van der Waals surface area contributed by atoms with E-state index in [0.29, 0.717) is 0 Å². The number of aryl methyl sites for hydroxylation is 1. The zero-order chi connectivity index (χ0) is 21.6. The second-order valence-electron chi connectivity index (χ2n) is 7.73. The third-order valence-electron chi connectivity index (χ3n) is 5.04. The van der Waals surface area contributed by atoms with Crippen molar-refractivity contribution in [3.63, 3.8) is 0 Å². The van der Waals surface area contributed by atoms with Gasteiger partial charge in [0.15, 0.2) is 0 Å². The third kappa shape index (κ3) is 9.23. The number of hydrogen-bond donors (Lipinski definition) is 1. The van der Waals surface area contributed by atoms with Gasteiger partial charge in [-0.15, -0.1) is 0 Å². The maximum absolute atomic E-state index is 12.9. The van der Waals surface area contributed by atoms with Crippen LogP contribution in [0.4, 0.5) is 10.1 Å². The Bertz CT molecular complexity index is 797. The van der Waals surface area contributed by atoms with Crippen LogP contribution in [0.3, 0.4) is 0 Å². The summed E-state index contributed by atoms with van der Waals surface area (Å²) in [6.45, 7) is 10.7. The number of anilines is 1. The number of benzene rings is 3. The molecule has 1 atom stereocenters. The lowest BCUT2D eigenvalue weighted by Gasteiger charge is -2.23. The van der Waals surface area contributed by atoms with Crippen LogP contribution in [-0.2, 0) is 6.54 Å². The van der Waals surface area contributed by atoms with Crippen molar-refractivity contribution in [2.45, 2.75) is 33.7 Å². The van der Waals surface area contributed by atoms with Crippen molar-refractivity contribution >= 4 is 5.69 Å². The van der Waals surface area contributed by atoms with E-state index in [0.717, 1.165) is 24.7 Å². The maximum Gasteiger partial charge on any atom is 0.123 e.